The molecule has 1 N–H and O–H groups in total. The van der Waals surface area contributed by atoms with Gasteiger partial charge in [-0.2, -0.15) is 0 Å². The Bertz CT molecular complexity index is 750. The monoisotopic (exact) mass is 489 g/mol. The van der Waals surface area contributed by atoms with Crippen LogP contribution in [0.4, 0.5) is 0 Å². The molecule has 2 aromatic rings. The van der Waals surface area contributed by atoms with E-state index in [1.165, 1.54) is 0 Å². The molecule has 0 spiro atoms. The number of rotatable bonds is 5. The average Bonchev–Trinajstić information content (AvgIpc) is 3.07. The summed E-state index contributed by atoms with van der Waals surface area (Å²) < 4.78 is 18.1. The number of benzene rings is 2. The van der Waals surface area contributed by atoms with Crippen LogP contribution in [0.3, 0.4) is 0 Å². The second-order valence-corrected chi connectivity index (χ2v) is 8.05. The first-order valence-corrected chi connectivity index (χ1v) is 10.8. The first kappa shape index (κ1) is 23.5. The van der Waals surface area contributed by atoms with Crippen LogP contribution in [0.15, 0.2) is 36.4 Å². The molecular weight excluding hydrogens is 465 g/mol. The molecule has 2 aromatic carbocycles. The van der Waals surface area contributed by atoms with Crippen LogP contribution in [0, 0.1) is 13.8 Å². The third-order valence-electron chi connectivity index (χ3n) is 4.11. The van der Waals surface area contributed by atoms with E-state index in [-0.39, 0.29) is 6.10 Å². The third-order valence-corrected chi connectivity index (χ3v) is 5.38. The van der Waals surface area contributed by atoms with Gasteiger partial charge in [-0.15, -0.1) is 0 Å². The Morgan fingerprint density at radius 1 is 1.18 bits per heavy atom. The number of alkyl halides is 1. The number of nitrogens with one attached hydrogen (secondary N) is 1. The van der Waals surface area contributed by atoms with Crippen LogP contribution in [0.25, 0.3) is 0 Å². The average molecular weight is 491 g/mol. The summed E-state index contributed by atoms with van der Waals surface area (Å²) in [4.78, 5) is 0. The number of hydrogen-bond acceptors (Lipinski definition) is 4. The molecule has 4 nitrogen and oxygen atoms in total. The highest BCUT2D eigenvalue weighted by molar-refractivity contribution is 9.09. The Labute approximate surface area is 185 Å². The summed E-state index contributed by atoms with van der Waals surface area (Å²) in [5.74, 6) is -0.135. The smallest absolute Gasteiger partial charge is 0.205 e. The van der Waals surface area contributed by atoms with E-state index < -0.39 is 5.79 Å². The lowest BCUT2D eigenvalue weighted by Crippen LogP contribution is -2.31. The zero-order chi connectivity index (χ0) is 20.7. The summed E-state index contributed by atoms with van der Waals surface area (Å²) in [5.41, 5.74) is 3.03. The molecule has 2 unspecified atom stereocenters. The highest BCUT2D eigenvalue weighted by atomic mass is 79.9. The molecule has 0 radical (unpaired) electrons. The molecule has 154 valence electrons. The van der Waals surface area contributed by atoms with Gasteiger partial charge in [-0.25, -0.2) is 0 Å². The third kappa shape index (κ3) is 5.85. The van der Waals surface area contributed by atoms with Crippen LogP contribution >= 0.6 is 39.1 Å². The Morgan fingerprint density at radius 2 is 1.82 bits per heavy atom. The minimum Gasteiger partial charge on any atom is -0.489 e. The van der Waals surface area contributed by atoms with Crippen molar-refractivity contribution in [2.24, 2.45) is 0 Å². The molecular formula is C21H26BrCl2NO3. The fourth-order valence-corrected chi connectivity index (χ4v) is 4.03. The van der Waals surface area contributed by atoms with Crippen molar-refractivity contribution in [3.05, 3.63) is 63.1 Å². The molecule has 0 aromatic heterocycles. The highest BCUT2D eigenvalue weighted by Crippen LogP contribution is 2.37. The van der Waals surface area contributed by atoms with Gasteiger partial charge < -0.3 is 19.5 Å². The van der Waals surface area contributed by atoms with E-state index in [9.17, 15) is 0 Å². The molecule has 1 saturated heterocycles. The Kier molecular flexibility index (Phi) is 9.06. The van der Waals surface area contributed by atoms with Gasteiger partial charge in [0.25, 0.3) is 0 Å². The molecule has 2 atom stereocenters. The summed E-state index contributed by atoms with van der Waals surface area (Å²) in [6, 6.07) is 11.4. The molecule has 1 aliphatic rings. The summed E-state index contributed by atoms with van der Waals surface area (Å²) in [7, 11) is 3.75. The van der Waals surface area contributed by atoms with Crippen molar-refractivity contribution < 1.29 is 14.2 Å². The van der Waals surface area contributed by atoms with Gasteiger partial charge in [-0.05, 0) is 57.3 Å². The summed E-state index contributed by atoms with van der Waals surface area (Å²) >= 11 is 15.8. The van der Waals surface area contributed by atoms with Crippen molar-refractivity contribution in [3.63, 3.8) is 0 Å². The van der Waals surface area contributed by atoms with Gasteiger partial charge in [0.05, 0.1) is 17.0 Å². The topological polar surface area (TPSA) is 39.7 Å². The number of halogens is 3. The zero-order valence-electron chi connectivity index (χ0n) is 16.5. The van der Waals surface area contributed by atoms with Gasteiger partial charge >= 0.3 is 0 Å². The maximum Gasteiger partial charge on any atom is 0.205 e. The van der Waals surface area contributed by atoms with Crippen molar-refractivity contribution in [2.45, 2.75) is 25.7 Å². The van der Waals surface area contributed by atoms with E-state index >= 15 is 0 Å². The van der Waals surface area contributed by atoms with Crippen LogP contribution in [0.1, 0.15) is 16.7 Å². The summed E-state index contributed by atoms with van der Waals surface area (Å²) in [6.07, 6.45) is -0.190. The lowest BCUT2D eigenvalue weighted by molar-refractivity contribution is -0.159. The predicted octanol–water partition coefficient (Wildman–Crippen LogP) is 5.49. The maximum atomic E-state index is 6.30. The van der Waals surface area contributed by atoms with Crippen molar-refractivity contribution in [1.82, 2.24) is 5.32 Å². The number of aryl methyl sites for hydroxylation is 2. The van der Waals surface area contributed by atoms with Crippen molar-refractivity contribution in [1.29, 1.82) is 0 Å². The second kappa shape index (κ2) is 10.8. The molecule has 0 saturated carbocycles. The van der Waals surface area contributed by atoms with E-state index in [2.05, 4.69) is 21.2 Å². The molecule has 0 bridgehead atoms. The Morgan fingerprint density at radius 3 is 2.39 bits per heavy atom. The van der Waals surface area contributed by atoms with E-state index in [1.807, 2.05) is 64.3 Å². The van der Waals surface area contributed by atoms with Crippen molar-refractivity contribution >= 4 is 39.1 Å². The van der Waals surface area contributed by atoms with Gasteiger partial charge in [0.2, 0.25) is 5.79 Å². The lowest BCUT2D eigenvalue weighted by atomic mass is 10.1. The van der Waals surface area contributed by atoms with Crippen LogP contribution < -0.4 is 10.1 Å². The molecule has 0 amide bonds. The predicted molar refractivity (Wildman–Crippen MR) is 119 cm³/mol. The van der Waals surface area contributed by atoms with Gasteiger partial charge in [0, 0.05) is 10.6 Å². The Hall–Kier alpha value is -0.820. The molecule has 7 heteroatoms. The number of ether oxygens (including phenoxy) is 3. The van der Waals surface area contributed by atoms with Crippen LogP contribution in [0.5, 0.6) is 5.75 Å². The molecule has 28 heavy (non-hydrogen) atoms. The quantitative estimate of drug-likeness (QED) is 0.562. The van der Waals surface area contributed by atoms with E-state index in [0.717, 1.165) is 16.7 Å². The summed E-state index contributed by atoms with van der Waals surface area (Å²) in [6.45, 7) is 4.80. The molecule has 1 fully saturated rings. The zero-order valence-corrected chi connectivity index (χ0v) is 19.6. The molecule has 0 aliphatic carbocycles. The lowest BCUT2D eigenvalue weighted by Gasteiger charge is -2.26. The highest BCUT2D eigenvalue weighted by Gasteiger charge is 2.42. The maximum absolute atomic E-state index is 6.30. The first-order chi connectivity index (χ1) is 13.3. The van der Waals surface area contributed by atoms with Gasteiger partial charge in [-0.1, -0.05) is 57.3 Å². The fraction of sp³-hybridized carbons (Fsp3) is 0.429. The van der Waals surface area contributed by atoms with Gasteiger partial charge in [0.1, 0.15) is 18.5 Å². The minimum atomic E-state index is -0.829. The molecule has 3 rings (SSSR count). The fourth-order valence-electron chi connectivity index (χ4n) is 2.91. The standard InChI is InChI=1S/C19H19BrCl2O3.C2H7N/c1-12-7-13(2)18(17(22)8-12)23-9-16-10-24-19(11-20,25-16)14-3-5-15(21)6-4-14;1-3-2/h3-8,16H,9-11H2,1-2H3;3H,1-2H3. The molecule has 1 aliphatic heterocycles. The van der Waals surface area contributed by atoms with Crippen LogP contribution in [0.2, 0.25) is 10.0 Å². The van der Waals surface area contributed by atoms with Gasteiger partial charge in [0.15, 0.2) is 0 Å². The van der Waals surface area contributed by atoms with Crippen LogP contribution in [-0.2, 0) is 15.3 Å². The second-order valence-electron chi connectivity index (χ2n) is 6.65. The minimum absolute atomic E-state index is 0.190. The first-order valence-electron chi connectivity index (χ1n) is 8.97. The molecule has 1 heterocycles. The number of hydrogen-bond donors (Lipinski definition) is 1. The van der Waals surface area contributed by atoms with E-state index in [4.69, 9.17) is 37.4 Å². The SMILES string of the molecule is CNC.Cc1cc(C)c(OCC2COC(CBr)(c3ccc(Cl)cc3)O2)c(Cl)c1. The van der Waals surface area contributed by atoms with E-state index in [1.54, 1.807) is 0 Å². The Balaban J connectivity index is 0.000000878. The normalized spacial score (nSPS) is 21.2. The van der Waals surface area contributed by atoms with Crippen molar-refractivity contribution in [3.8, 4) is 5.75 Å². The summed E-state index contributed by atoms with van der Waals surface area (Å²) in [5, 5.41) is 4.55. The largest absolute Gasteiger partial charge is 0.489 e. The van der Waals surface area contributed by atoms with Crippen molar-refractivity contribution in [2.75, 3.05) is 32.6 Å². The van der Waals surface area contributed by atoms with Crippen LogP contribution in [-0.4, -0.2) is 38.7 Å². The van der Waals surface area contributed by atoms with Gasteiger partial charge in [-0.3, -0.25) is 0 Å². The van der Waals surface area contributed by atoms with E-state index in [0.29, 0.717) is 34.3 Å².